The summed E-state index contributed by atoms with van der Waals surface area (Å²) < 4.78 is 5.44. The number of hydrogen-bond donors (Lipinski definition) is 2. The highest BCUT2D eigenvalue weighted by atomic mass is 16.5. The molecule has 2 rings (SSSR count). The van der Waals surface area contributed by atoms with E-state index in [4.69, 9.17) is 4.74 Å². The van der Waals surface area contributed by atoms with Crippen LogP contribution in [0.25, 0.3) is 0 Å². The lowest BCUT2D eigenvalue weighted by Gasteiger charge is -2.17. The van der Waals surface area contributed by atoms with Gasteiger partial charge in [-0.15, -0.1) is 0 Å². The van der Waals surface area contributed by atoms with Gasteiger partial charge in [0.25, 0.3) is 0 Å². The van der Waals surface area contributed by atoms with E-state index in [1.54, 1.807) is 19.2 Å². The van der Waals surface area contributed by atoms with Crippen LogP contribution in [0, 0.1) is 0 Å². The van der Waals surface area contributed by atoms with Crippen molar-refractivity contribution in [2.45, 2.75) is 13.0 Å². The summed E-state index contributed by atoms with van der Waals surface area (Å²) in [7, 11) is 5.71. The molecule has 0 aliphatic heterocycles. The molecule has 2 aromatic rings. The Hall–Kier alpha value is -2.20. The van der Waals surface area contributed by atoms with E-state index in [0.29, 0.717) is 5.75 Å². The quantitative estimate of drug-likeness (QED) is 0.772. The highest BCUT2D eigenvalue weighted by molar-refractivity contribution is 5.58. The summed E-state index contributed by atoms with van der Waals surface area (Å²) in [5, 5.41) is 12.7. The molecule has 0 amide bonds. The molecular weight excluding hydrogens is 276 g/mol. The number of nitrogens with one attached hydrogen (secondary N) is 1. The van der Waals surface area contributed by atoms with Gasteiger partial charge < -0.3 is 20.1 Å². The molecule has 22 heavy (non-hydrogen) atoms. The average molecular weight is 300 g/mol. The summed E-state index contributed by atoms with van der Waals surface area (Å²) in [6, 6.07) is 13.6. The number of benzene rings is 2. The van der Waals surface area contributed by atoms with Crippen molar-refractivity contribution in [3.8, 4) is 11.5 Å². The van der Waals surface area contributed by atoms with Crippen molar-refractivity contribution in [3.05, 3.63) is 53.6 Å². The summed E-state index contributed by atoms with van der Waals surface area (Å²) in [6.45, 7) is 1.70. The summed E-state index contributed by atoms with van der Waals surface area (Å²) in [4.78, 5) is 2.04. The standard InChI is InChI=1S/C18H24N2O2/c1-20(2)17-9-6-15(12-18(17)22-3)13-19-11-10-14-4-7-16(21)8-5-14/h4-9,12,19,21H,10-11,13H2,1-3H3. The number of anilines is 1. The van der Waals surface area contributed by atoms with E-state index in [9.17, 15) is 5.11 Å². The van der Waals surface area contributed by atoms with E-state index in [1.165, 1.54) is 11.1 Å². The van der Waals surface area contributed by atoms with Gasteiger partial charge in [0.2, 0.25) is 0 Å². The van der Waals surface area contributed by atoms with Crippen molar-refractivity contribution in [2.75, 3.05) is 32.6 Å². The van der Waals surface area contributed by atoms with Gasteiger partial charge in [0.1, 0.15) is 11.5 Å². The summed E-state index contributed by atoms with van der Waals surface area (Å²) in [6.07, 6.45) is 0.938. The Morgan fingerprint density at radius 3 is 2.36 bits per heavy atom. The average Bonchev–Trinajstić information content (AvgIpc) is 2.52. The number of phenols is 1. The number of rotatable bonds is 7. The van der Waals surface area contributed by atoms with Crippen LogP contribution < -0.4 is 15.0 Å². The zero-order valence-electron chi connectivity index (χ0n) is 13.5. The molecule has 0 saturated heterocycles. The summed E-state index contributed by atoms with van der Waals surface area (Å²) in [5.41, 5.74) is 3.49. The summed E-state index contributed by atoms with van der Waals surface area (Å²) in [5.74, 6) is 1.20. The fraction of sp³-hybridized carbons (Fsp3) is 0.333. The van der Waals surface area contributed by atoms with Crippen LogP contribution >= 0.6 is 0 Å². The minimum Gasteiger partial charge on any atom is -0.508 e. The van der Waals surface area contributed by atoms with Crippen molar-refractivity contribution in [1.82, 2.24) is 5.32 Å². The molecule has 0 atom stereocenters. The Labute approximate surface area is 132 Å². The maximum absolute atomic E-state index is 9.26. The Kier molecular flexibility index (Phi) is 5.67. The van der Waals surface area contributed by atoms with E-state index in [-0.39, 0.29) is 0 Å². The highest BCUT2D eigenvalue weighted by Crippen LogP contribution is 2.27. The van der Waals surface area contributed by atoms with Crippen LogP contribution in [0.15, 0.2) is 42.5 Å². The third kappa shape index (κ3) is 4.40. The maximum Gasteiger partial charge on any atom is 0.142 e. The Balaban J connectivity index is 1.85. The van der Waals surface area contributed by atoms with E-state index in [0.717, 1.165) is 30.9 Å². The smallest absolute Gasteiger partial charge is 0.142 e. The highest BCUT2D eigenvalue weighted by Gasteiger charge is 2.06. The van der Waals surface area contributed by atoms with Gasteiger partial charge in [-0.25, -0.2) is 0 Å². The van der Waals surface area contributed by atoms with Gasteiger partial charge in [-0.3, -0.25) is 0 Å². The van der Waals surface area contributed by atoms with Gasteiger partial charge in [-0.05, 0) is 48.4 Å². The van der Waals surface area contributed by atoms with Crippen molar-refractivity contribution in [3.63, 3.8) is 0 Å². The van der Waals surface area contributed by atoms with Crippen LogP contribution in [0.5, 0.6) is 11.5 Å². The lowest BCUT2D eigenvalue weighted by atomic mass is 10.1. The van der Waals surface area contributed by atoms with Crippen LogP contribution in [0.1, 0.15) is 11.1 Å². The van der Waals surface area contributed by atoms with Crippen molar-refractivity contribution >= 4 is 5.69 Å². The minimum atomic E-state index is 0.310. The first-order valence-corrected chi connectivity index (χ1v) is 7.43. The third-order valence-electron chi connectivity index (χ3n) is 3.58. The topological polar surface area (TPSA) is 44.7 Å². The minimum absolute atomic E-state index is 0.310. The first kappa shape index (κ1) is 16.2. The lowest BCUT2D eigenvalue weighted by Crippen LogP contribution is -2.17. The Morgan fingerprint density at radius 1 is 1.05 bits per heavy atom. The van der Waals surface area contributed by atoms with Gasteiger partial charge >= 0.3 is 0 Å². The molecule has 0 radical (unpaired) electrons. The van der Waals surface area contributed by atoms with Gasteiger partial charge in [-0.2, -0.15) is 0 Å². The monoisotopic (exact) mass is 300 g/mol. The number of nitrogens with zero attached hydrogens (tertiary/aromatic N) is 1. The molecule has 4 nitrogen and oxygen atoms in total. The van der Waals surface area contributed by atoms with E-state index < -0.39 is 0 Å². The molecule has 0 aromatic heterocycles. The Bertz CT molecular complexity index is 595. The number of hydrogen-bond acceptors (Lipinski definition) is 4. The number of ether oxygens (including phenoxy) is 1. The molecule has 2 aromatic carbocycles. The molecule has 0 heterocycles. The third-order valence-corrected chi connectivity index (χ3v) is 3.58. The largest absolute Gasteiger partial charge is 0.508 e. The second kappa shape index (κ2) is 7.71. The van der Waals surface area contributed by atoms with Gasteiger partial charge in [-0.1, -0.05) is 18.2 Å². The van der Waals surface area contributed by atoms with Gasteiger partial charge in [0, 0.05) is 20.6 Å². The molecule has 2 N–H and O–H groups in total. The van der Waals surface area contributed by atoms with Crippen LogP contribution in [-0.2, 0) is 13.0 Å². The van der Waals surface area contributed by atoms with Crippen LogP contribution in [0.2, 0.25) is 0 Å². The first-order valence-electron chi connectivity index (χ1n) is 7.43. The normalized spacial score (nSPS) is 10.5. The van der Waals surface area contributed by atoms with E-state index >= 15 is 0 Å². The molecule has 4 heteroatoms. The van der Waals surface area contributed by atoms with Crippen LogP contribution in [0.4, 0.5) is 5.69 Å². The van der Waals surface area contributed by atoms with Gasteiger partial charge in [0.05, 0.1) is 12.8 Å². The fourth-order valence-electron chi connectivity index (χ4n) is 2.33. The van der Waals surface area contributed by atoms with Crippen molar-refractivity contribution < 1.29 is 9.84 Å². The van der Waals surface area contributed by atoms with Crippen molar-refractivity contribution in [1.29, 1.82) is 0 Å². The lowest BCUT2D eigenvalue weighted by molar-refractivity contribution is 0.414. The zero-order valence-corrected chi connectivity index (χ0v) is 13.5. The van der Waals surface area contributed by atoms with Crippen molar-refractivity contribution in [2.24, 2.45) is 0 Å². The summed E-state index contributed by atoms with van der Waals surface area (Å²) >= 11 is 0. The Morgan fingerprint density at radius 2 is 1.73 bits per heavy atom. The number of methoxy groups -OCH3 is 1. The fourth-order valence-corrected chi connectivity index (χ4v) is 2.33. The second-order valence-electron chi connectivity index (χ2n) is 5.49. The van der Waals surface area contributed by atoms with Gasteiger partial charge in [0.15, 0.2) is 0 Å². The SMILES string of the molecule is COc1cc(CNCCc2ccc(O)cc2)ccc1N(C)C. The molecule has 118 valence electrons. The predicted octanol–water partition coefficient (Wildman–Crippen LogP) is 2.80. The molecule has 0 spiro atoms. The molecule has 0 aliphatic carbocycles. The molecule has 0 saturated carbocycles. The van der Waals surface area contributed by atoms with Crippen LogP contribution in [0.3, 0.4) is 0 Å². The number of aromatic hydroxyl groups is 1. The van der Waals surface area contributed by atoms with E-state index in [1.807, 2.05) is 31.1 Å². The molecule has 0 fully saturated rings. The molecule has 0 unspecified atom stereocenters. The maximum atomic E-state index is 9.26. The predicted molar refractivity (Wildman–Crippen MR) is 90.8 cm³/mol. The van der Waals surface area contributed by atoms with E-state index in [2.05, 4.69) is 23.5 Å². The van der Waals surface area contributed by atoms with Crippen LogP contribution in [-0.4, -0.2) is 32.9 Å². The number of phenolic OH excluding ortho intramolecular Hbond substituents is 1. The second-order valence-corrected chi connectivity index (χ2v) is 5.49. The molecular formula is C18H24N2O2. The first-order chi connectivity index (χ1) is 10.6. The molecule has 0 bridgehead atoms. The molecule has 0 aliphatic rings. The zero-order chi connectivity index (χ0) is 15.9.